The molecule has 0 unspecified atom stereocenters. The topological polar surface area (TPSA) is 29.5 Å². The molecule has 0 spiro atoms. The zero-order chi connectivity index (χ0) is 11.3. The Morgan fingerprint density at radius 2 is 1.93 bits per heavy atom. The van der Waals surface area contributed by atoms with E-state index in [4.69, 9.17) is 9.84 Å². The van der Waals surface area contributed by atoms with E-state index in [0.29, 0.717) is 0 Å². The van der Waals surface area contributed by atoms with Gasteiger partial charge in [-0.15, -0.1) is 0 Å². The highest BCUT2D eigenvalue weighted by molar-refractivity contribution is 5.13. The number of hydrogen-bond acceptors (Lipinski definition) is 2. The molecule has 1 N–H and O–H groups in total. The minimum absolute atomic E-state index is 0.0789. The van der Waals surface area contributed by atoms with Gasteiger partial charge < -0.3 is 9.84 Å². The number of aliphatic hydroxyl groups excluding tert-OH is 1. The fourth-order valence-corrected chi connectivity index (χ4v) is 1.13. The van der Waals surface area contributed by atoms with Crippen LogP contribution in [0.5, 0.6) is 0 Å². The third kappa shape index (κ3) is 3.93. The van der Waals surface area contributed by atoms with Crippen LogP contribution in [0.2, 0.25) is 0 Å². The summed E-state index contributed by atoms with van der Waals surface area (Å²) < 4.78 is 30.6. The van der Waals surface area contributed by atoms with Gasteiger partial charge in [-0.1, -0.05) is 30.3 Å². The van der Waals surface area contributed by atoms with E-state index in [-0.39, 0.29) is 6.61 Å². The molecule has 0 radical (unpaired) electrons. The van der Waals surface area contributed by atoms with Crippen molar-refractivity contribution >= 4 is 0 Å². The predicted octanol–water partition coefficient (Wildman–Crippen LogP) is 2.22. The fraction of sp³-hybridized carbons (Fsp3) is 0.455. The normalized spacial score (nSPS) is 13.9. The SMILES string of the molecule is CC(F)(F)[C@@H](CO)OCc1ccccc1. The second-order valence-electron chi connectivity index (χ2n) is 3.42. The fourth-order valence-electron chi connectivity index (χ4n) is 1.13. The third-order valence-electron chi connectivity index (χ3n) is 2.03. The average Bonchev–Trinajstić information content (AvgIpc) is 2.18. The van der Waals surface area contributed by atoms with Crippen LogP contribution < -0.4 is 0 Å². The number of hydrogen-bond donors (Lipinski definition) is 1. The van der Waals surface area contributed by atoms with Crippen molar-refractivity contribution in [1.82, 2.24) is 0 Å². The first kappa shape index (κ1) is 12.1. The Morgan fingerprint density at radius 1 is 1.33 bits per heavy atom. The lowest BCUT2D eigenvalue weighted by Gasteiger charge is -2.21. The van der Waals surface area contributed by atoms with Crippen molar-refractivity contribution < 1.29 is 18.6 Å². The second kappa shape index (κ2) is 5.19. The summed E-state index contributed by atoms with van der Waals surface area (Å²) in [6.07, 6.45) is -1.45. The molecule has 0 saturated heterocycles. The van der Waals surface area contributed by atoms with E-state index in [1.165, 1.54) is 0 Å². The summed E-state index contributed by atoms with van der Waals surface area (Å²) in [6.45, 7) is 0.130. The van der Waals surface area contributed by atoms with Crippen molar-refractivity contribution in [3.05, 3.63) is 35.9 Å². The van der Waals surface area contributed by atoms with Crippen molar-refractivity contribution in [2.24, 2.45) is 0 Å². The minimum atomic E-state index is -3.02. The van der Waals surface area contributed by atoms with Crippen LogP contribution in [0.3, 0.4) is 0 Å². The van der Waals surface area contributed by atoms with Gasteiger partial charge in [0.25, 0.3) is 5.92 Å². The van der Waals surface area contributed by atoms with Crippen LogP contribution in [0.1, 0.15) is 12.5 Å². The highest BCUT2D eigenvalue weighted by Gasteiger charge is 2.34. The van der Waals surface area contributed by atoms with Gasteiger partial charge in [0.2, 0.25) is 0 Å². The molecule has 0 saturated carbocycles. The van der Waals surface area contributed by atoms with Crippen LogP contribution >= 0.6 is 0 Å². The molecule has 0 aliphatic carbocycles. The molecule has 1 atom stereocenters. The van der Waals surface area contributed by atoms with Crippen molar-refractivity contribution in [1.29, 1.82) is 0 Å². The van der Waals surface area contributed by atoms with Crippen molar-refractivity contribution in [2.75, 3.05) is 6.61 Å². The predicted molar refractivity (Wildman–Crippen MR) is 52.7 cm³/mol. The lowest BCUT2D eigenvalue weighted by molar-refractivity contribution is -0.147. The molecule has 0 aromatic heterocycles. The summed E-state index contributed by atoms with van der Waals surface area (Å²) in [4.78, 5) is 0. The molecule has 4 heteroatoms. The quantitative estimate of drug-likeness (QED) is 0.817. The van der Waals surface area contributed by atoms with Gasteiger partial charge >= 0.3 is 0 Å². The van der Waals surface area contributed by atoms with Crippen LogP contribution in [0.4, 0.5) is 8.78 Å². The molecule has 84 valence electrons. The molecule has 0 amide bonds. The van der Waals surface area contributed by atoms with E-state index >= 15 is 0 Å². The van der Waals surface area contributed by atoms with E-state index in [0.717, 1.165) is 12.5 Å². The van der Waals surface area contributed by atoms with E-state index in [2.05, 4.69) is 0 Å². The van der Waals surface area contributed by atoms with Gasteiger partial charge in [-0.3, -0.25) is 0 Å². The minimum Gasteiger partial charge on any atom is -0.393 e. The zero-order valence-corrected chi connectivity index (χ0v) is 8.49. The highest BCUT2D eigenvalue weighted by Crippen LogP contribution is 2.21. The smallest absolute Gasteiger partial charge is 0.273 e. The summed E-state index contributed by atoms with van der Waals surface area (Å²) >= 11 is 0. The van der Waals surface area contributed by atoms with Crippen LogP contribution in [-0.2, 0) is 11.3 Å². The van der Waals surface area contributed by atoms with Crippen LogP contribution in [-0.4, -0.2) is 23.7 Å². The molecule has 0 fully saturated rings. The standard InChI is InChI=1S/C11H14F2O2/c1-11(12,13)10(7-14)15-8-9-5-3-2-4-6-9/h2-6,10,14H,7-8H2,1H3/t10-/m1/s1. The van der Waals surface area contributed by atoms with Gasteiger partial charge in [0.05, 0.1) is 13.2 Å². The van der Waals surface area contributed by atoms with Gasteiger partial charge in [-0.25, -0.2) is 8.78 Å². The first-order chi connectivity index (χ1) is 7.04. The van der Waals surface area contributed by atoms with Crippen molar-refractivity contribution in [2.45, 2.75) is 25.6 Å². The summed E-state index contributed by atoms with van der Waals surface area (Å²) in [5.74, 6) is -3.02. The molecule has 2 nitrogen and oxygen atoms in total. The number of halogens is 2. The Labute approximate surface area is 87.5 Å². The molecular formula is C11H14F2O2. The Hall–Kier alpha value is -1.00. The van der Waals surface area contributed by atoms with Gasteiger partial charge in [0.1, 0.15) is 6.10 Å². The molecule has 0 bridgehead atoms. The van der Waals surface area contributed by atoms with Gasteiger partial charge in [-0.2, -0.15) is 0 Å². The molecule has 1 rings (SSSR count). The van der Waals surface area contributed by atoms with Crippen LogP contribution in [0, 0.1) is 0 Å². The molecule has 1 aromatic carbocycles. The Kier molecular flexibility index (Phi) is 4.17. The van der Waals surface area contributed by atoms with Crippen LogP contribution in [0.25, 0.3) is 0 Å². The Morgan fingerprint density at radius 3 is 2.40 bits per heavy atom. The Balaban J connectivity index is 2.49. The molecule has 15 heavy (non-hydrogen) atoms. The average molecular weight is 216 g/mol. The maximum absolute atomic E-state index is 12.8. The Bertz CT molecular complexity index is 282. The van der Waals surface area contributed by atoms with Crippen molar-refractivity contribution in [3.63, 3.8) is 0 Å². The third-order valence-corrected chi connectivity index (χ3v) is 2.03. The van der Waals surface area contributed by atoms with Gasteiger partial charge in [0, 0.05) is 6.92 Å². The summed E-state index contributed by atoms with van der Waals surface area (Å²) in [6, 6.07) is 9.00. The number of rotatable bonds is 5. The van der Waals surface area contributed by atoms with E-state index in [1.807, 2.05) is 6.07 Å². The maximum atomic E-state index is 12.8. The molecular weight excluding hydrogens is 202 g/mol. The second-order valence-corrected chi connectivity index (χ2v) is 3.42. The van der Waals surface area contributed by atoms with Crippen LogP contribution in [0.15, 0.2) is 30.3 Å². The monoisotopic (exact) mass is 216 g/mol. The number of ether oxygens (including phenoxy) is 1. The molecule has 0 heterocycles. The number of aliphatic hydroxyl groups is 1. The number of alkyl halides is 2. The molecule has 0 aliphatic rings. The van der Waals surface area contributed by atoms with Crippen molar-refractivity contribution in [3.8, 4) is 0 Å². The summed E-state index contributed by atoms with van der Waals surface area (Å²) in [5.41, 5.74) is 0.806. The lowest BCUT2D eigenvalue weighted by atomic mass is 10.2. The van der Waals surface area contributed by atoms with Gasteiger partial charge in [-0.05, 0) is 5.56 Å². The summed E-state index contributed by atoms with van der Waals surface area (Å²) in [7, 11) is 0. The van der Waals surface area contributed by atoms with E-state index < -0.39 is 18.6 Å². The van der Waals surface area contributed by atoms with E-state index in [1.54, 1.807) is 24.3 Å². The first-order valence-electron chi connectivity index (χ1n) is 4.68. The highest BCUT2D eigenvalue weighted by atomic mass is 19.3. The number of benzene rings is 1. The lowest BCUT2D eigenvalue weighted by Crippen LogP contribution is -2.35. The largest absolute Gasteiger partial charge is 0.393 e. The molecule has 1 aromatic rings. The molecule has 0 aliphatic heterocycles. The zero-order valence-electron chi connectivity index (χ0n) is 8.49. The van der Waals surface area contributed by atoms with E-state index in [9.17, 15) is 8.78 Å². The summed E-state index contributed by atoms with van der Waals surface area (Å²) in [5, 5.41) is 8.73. The maximum Gasteiger partial charge on any atom is 0.273 e. The van der Waals surface area contributed by atoms with Gasteiger partial charge in [0.15, 0.2) is 0 Å². The first-order valence-corrected chi connectivity index (χ1v) is 4.68.